The van der Waals surface area contributed by atoms with E-state index in [9.17, 15) is 14.7 Å². The average molecular weight is 585 g/mol. The number of hydrogen-bond acceptors (Lipinski definition) is 8. The molecule has 7 nitrogen and oxygen atoms in total. The molecule has 0 unspecified atom stereocenters. The molecule has 0 atom stereocenters. The van der Waals surface area contributed by atoms with Crippen LogP contribution in [-0.4, -0.2) is 51.5 Å². The monoisotopic (exact) mass is 584 g/mol. The van der Waals surface area contributed by atoms with E-state index in [1.165, 1.54) is 18.7 Å². The Morgan fingerprint density at radius 1 is 0.976 bits per heavy atom. The van der Waals surface area contributed by atoms with Crippen molar-refractivity contribution in [2.75, 3.05) is 25.0 Å². The van der Waals surface area contributed by atoms with Gasteiger partial charge in [0.1, 0.15) is 4.91 Å². The van der Waals surface area contributed by atoms with E-state index < -0.39 is 0 Å². The number of carbonyl (C=O) groups is 2. The average Bonchev–Trinajstić information content (AvgIpc) is 3.46. The summed E-state index contributed by atoms with van der Waals surface area (Å²) < 4.78 is 0. The molecule has 0 saturated carbocycles. The summed E-state index contributed by atoms with van der Waals surface area (Å²) >= 11 is 2.88. The Bertz CT molecular complexity index is 1550. The number of nitrogens with one attached hydrogen (secondary N) is 1. The Labute approximate surface area is 249 Å². The molecule has 3 aromatic rings. The zero-order chi connectivity index (χ0) is 28.9. The quantitative estimate of drug-likeness (QED) is 0.214. The Hall–Kier alpha value is -3.79. The lowest BCUT2D eigenvalue weighted by Crippen LogP contribution is -2.29. The summed E-state index contributed by atoms with van der Waals surface area (Å²) in [5.74, 6) is -0.191. The number of amidine groups is 1. The molecule has 3 aromatic carbocycles. The number of benzene rings is 3. The van der Waals surface area contributed by atoms with Crippen LogP contribution in [0.3, 0.4) is 0 Å². The number of allylic oxidation sites excluding steroid dienone is 1. The van der Waals surface area contributed by atoms with Gasteiger partial charge in [0, 0.05) is 23.6 Å². The molecule has 0 bridgehead atoms. The lowest BCUT2D eigenvalue weighted by Gasteiger charge is -2.23. The smallest absolute Gasteiger partial charge is 0.269 e. The number of anilines is 1. The standard InChI is InChI=1S/C32H32N4O3S2/c1-4-33-26-16-15-25(21(2)38)19-27(26)34-32-36(20-23-11-7-5-8-12-23)30(39)29(41-32)31-35(17-18-37)28(22(3)40-31)24-13-9-6-10-14-24/h5-16,19,33,37H,4,17-18,20H2,1-3H3/b31-29-,34-32?. The van der Waals surface area contributed by atoms with Gasteiger partial charge in [-0.05, 0) is 61.9 Å². The number of aliphatic imine (C=N–C) groups is 1. The molecule has 41 heavy (non-hydrogen) atoms. The van der Waals surface area contributed by atoms with E-state index in [0.29, 0.717) is 41.0 Å². The minimum Gasteiger partial charge on any atom is -0.395 e. The highest BCUT2D eigenvalue weighted by Crippen LogP contribution is 2.50. The molecular formula is C32H32N4O3S2. The van der Waals surface area contributed by atoms with Crippen LogP contribution in [0.4, 0.5) is 11.4 Å². The third-order valence-corrected chi connectivity index (χ3v) is 9.01. The molecule has 9 heteroatoms. The molecule has 5 rings (SSSR count). The molecule has 1 saturated heterocycles. The first-order chi connectivity index (χ1) is 19.9. The fourth-order valence-electron chi connectivity index (χ4n) is 4.79. The molecule has 2 heterocycles. The molecular weight excluding hydrogens is 553 g/mol. The van der Waals surface area contributed by atoms with Gasteiger partial charge in [0.15, 0.2) is 11.0 Å². The SMILES string of the molecule is CCNc1ccc(C(C)=O)cc1N=C1S/C(=C2\SC(C)=C(c3ccccc3)N2CCO)C(=O)N1Cc1ccccc1. The summed E-state index contributed by atoms with van der Waals surface area (Å²) in [7, 11) is 0. The largest absolute Gasteiger partial charge is 0.395 e. The van der Waals surface area contributed by atoms with Crippen molar-refractivity contribution in [1.29, 1.82) is 0 Å². The fraction of sp³-hybridized carbons (Fsp3) is 0.219. The van der Waals surface area contributed by atoms with E-state index in [2.05, 4.69) is 5.32 Å². The van der Waals surface area contributed by atoms with E-state index in [4.69, 9.17) is 4.99 Å². The number of aliphatic hydroxyl groups excluding tert-OH is 1. The van der Waals surface area contributed by atoms with Crippen LogP contribution in [0, 0.1) is 0 Å². The number of rotatable bonds is 9. The second kappa shape index (κ2) is 12.8. The Morgan fingerprint density at radius 2 is 1.68 bits per heavy atom. The van der Waals surface area contributed by atoms with Crippen molar-refractivity contribution in [2.24, 2.45) is 4.99 Å². The zero-order valence-corrected chi connectivity index (χ0v) is 24.9. The van der Waals surface area contributed by atoms with Crippen LogP contribution in [0.25, 0.3) is 5.70 Å². The number of Topliss-reactive ketones (excluding diaryl/α,β-unsaturated/α-hetero) is 1. The summed E-state index contributed by atoms with van der Waals surface area (Å²) in [6.45, 7) is 6.92. The van der Waals surface area contributed by atoms with Crippen molar-refractivity contribution in [1.82, 2.24) is 9.80 Å². The Morgan fingerprint density at radius 3 is 2.34 bits per heavy atom. The molecule has 0 aliphatic carbocycles. The minimum absolute atomic E-state index is 0.0504. The van der Waals surface area contributed by atoms with Gasteiger partial charge in [0.25, 0.3) is 5.91 Å². The van der Waals surface area contributed by atoms with Crippen LogP contribution in [0.15, 0.2) is 98.7 Å². The third-order valence-electron chi connectivity index (χ3n) is 6.70. The van der Waals surface area contributed by atoms with Crippen molar-refractivity contribution in [2.45, 2.75) is 27.3 Å². The molecule has 2 N–H and O–H groups in total. The number of ketones is 1. The first kappa shape index (κ1) is 28.7. The first-order valence-corrected chi connectivity index (χ1v) is 15.1. The number of nitrogens with zero attached hydrogens (tertiary/aromatic N) is 3. The van der Waals surface area contributed by atoms with E-state index >= 15 is 0 Å². The maximum absolute atomic E-state index is 14.2. The van der Waals surface area contributed by atoms with Gasteiger partial charge >= 0.3 is 0 Å². The second-order valence-electron chi connectivity index (χ2n) is 9.57. The maximum Gasteiger partial charge on any atom is 0.269 e. The third kappa shape index (κ3) is 6.12. The fourth-order valence-corrected chi connectivity index (χ4v) is 7.10. The van der Waals surface area contributed by atoms with Gasteiger partial charge in [-0.3, -0.25) is 14.5 Å². The molecule has 210 valence electrons. The number of aliphatic hydroxyl groups is 1. The predicted octanol–water partition coefficient (Wildman–Crippen LogP) is 6.68. The van der Waals surface area contributed by atoms with Crippen molar-refractivity contribution >= 4 is 57.5 Å². The van der Waals surface area contributed by atoms with Crippen LogP contribution in [0.2, 0.25) is 0 Å². The zero-order valence-electron chi connectivity index (χ0n) is 23.3. The van der Waals surface area contributed by atoms with Gasteiger partial charge in [-0.2, -0.15) is 0 Å². The highest BCUT2D eigenvalue weighted by atomic mass is 32.2. The minimum atomic E-state index is -0.141. The van der Waals surface area contributed by atoms with E-state index in [0.717, 1.165) is 32.4 Å². The number of carbonyl (C=O) groups excluding carboxylic acids is 2. The summed E-state index contributed by atoms with van der Waals surface area (Å²) in [4.78, 5) is 36.7. The summed E-state index contributed by atoms with van der Waals surface area (Å²) in [5, 5.41) is 14.6. The molecule has 2 aliphatic rings. The molecule has 2 aliphatic heterocycles. The number of hydrogen-bond donors (Lipinski definition) is 2. The van der Waals surface area contributed by atoms with Crippen molar-refractivity contribution < 1.29 is 14.7 Å². The van der Waals surface area contributed by atoms with Crippen molar-refractivity contribution in [3.05, 3.63) is 110 Å². The lowest BCUT2D eigenvalue weighted by atomic mass is 10.1. The van der Waals surface area contributed by atoms with Crippen LogP contribution in [0.1, 0.15) is 42.3 Å². The number of β-amino-alcohol motifs (C(OH)–C–C–N with tert-alkyl or cyclic N) is 1. The molecule has 0 radical (unpaired) electrons. The Balaban J connectivity index is 1.62. The van der Waals surface area contributed by atoms with E-state index in [1.54, 1.807) is 28.8 Å². The summed E-state index contributed by atoms with van der Waals surface area (Å²) in [6, 6.07) is 25.3. The maximum atomic E-state index is 14.2. The molecule has 1 fully saturated rings. The Kier molecular flexibility index (Phi) is 8.97. The molecule has 1 amide bonds. The summed E-state index contributed by atoms with van der Waals surface area (Å²) in [5.41, 5.74) is 4.95. The first-order valence-electron chi connectivity index (χ1n) is 13.5. The van der Waals surface area contributed by atoms with Crippen LogP contribution < -0.4 is 5.32 Å². The highest BCUT2D eigenvalue weighted by Gasteiger charge is 2.40. The molecule has 0 spiro atoms. The van der Waals surface area contributed by atoms with Gasteiger partial charge in [-0.15, -0.1) is 0 Å². The lowest BCUT2D eigenvalue weighted by molar-refractivity contribution is -0.122. The van der Waals surface area contributed by atoms with Crippen LogP contribution >= 0.6 is 23.5 Å². The number of thioether (sulfide) groups is 2. The second-order valence-corrected chi connectivity index (χ2v) is 11.8. The van der Waals surface area contributed by atoms with Gasteiger partial charge < -0.3 is 15.3 Å². The van der Waals surface area contributed by atoms with E-state index in [1.807, 2.05) is 85.5 Å². The highest BCUT2D eigenvalue weighted by molar-refractivity contribution is 8.19. The van der Waals surface area contributed by atoms with Crippen LogP contribution in [0.5, 0.6) is 0 Å². The van der Waals surface area contributed by atoms with Gasteiger partial charge in [-0.25, -0.2) is 4.99 Å². The molecule has 0 aromatic heterocycles. The number of amides is 1. The van der Waals surface area contributed by atoms with Crippen molar-refractivity contribution in [3.8, 4) is 0 Å². The summed E-state index contributed by atoms with van der Waals surface area (Å²) in [6.07, 6.45) is 0. The van der Waals surface area contributed by atoms with Gasteiger partial charge in [-0.1, -0.05) is 72.4 Å². The van der Waals surface area contributed by atoms with Crippen LogP contribution in [-0.2, 0) is 11.3 Å². The topological polar surface area (TPSA) is 85.2 Å². The van der Waals surface area contributed by atoms with E-state index in [-0.39, 0.29) is 18.3 Å². The normalized spacial score (nSPS) is 18.1. The van der Waals surface area contributed by atoms with Gasteiger partial charge in [0.2, 0.25) is 0 Å². The predicted molar refractivity (Wildman–Crippen MR) is 170 cm³/mol. The van der Waals surface area contributed by atoms with Crippen molar-refractivity contribution in [3.63, 3.8) is 0 Å². The van der Waals surface area contributed by atoms with Gasteiger partial charge in [0.05, 0.1) is 35.3 Å².